The molecule has 4 aromatic rings. The summed E-state index contributed by atoms with van der Waals surface area (Å²) in [5, 5.41) is 0. The lowest BCUT2D eigenvalue weighted by Gasteiger charge is -2.38. The van der Waals surface area contributed by atoms with Crippen molar-refractivity contribution in [2.75, 3.05) is 29.4 Å². The van der Waals surface area contributed by atoms with Crippen LogP contribution in [0.5, 0.6) is 11.5 Å². The number of carbonyl (C=O) groups is 2. The zero-order valence-electron chi connectivity index (χ0n) is 24.1. The maximum atomic E-state index is 13.4. The summed E-state index contributed by atoms with van der Waals surface area (Å²) in [4.78, 5) is 30.2. The van der Waals surface area contributed by atoms with Gasteiger partial charge in [0, 0.05) is 65.0 Å². The number of unbranched alkanes of at least 4 members (excludes halogenated alkanes) is 1. The lowest BCUT2D eigenvalue weighted by atomic mass is 9.77. The minimum Gasteiger partial charge on any atom is -0.456 e. The molecule has 0 bridgehead atoms. The number of anilines is 3. The number of Topliss-reactive ketones (excluding diaryl/α,β-unsaturated/α-hetero) is 1. The van der Waals surface area contributed by atoms with Gasteiger partial charge in [0.2, 0.25) is 0 Å². The maximum absolute atomic E-state index is 13.4. The van der Waals surface area contributed by atoms with E-state index in [9.17, 15) is 9.59 Å². The maximum Gasteiger partial charge on any atom is 0.340 e. The predicted molar refractivity (Wildman–Crippen MR) is 165 cm³/mol. The molecular formula is C36H34N2O4. The van der Waals surface area contributed by atoms with Crippen molar-refractivity contribution in [1.29, 1.82) is 0 Å². The number of carbonyl (C=O) groups excluding carboxylic acids is 2. The number of esters is 1. The van der Waals surface area contributed by atoms with Crippen molar-refractivity contribution in [3.63, 3.8) is 0 Å². The molecule has 0 amide bonds. The standard InChI is InChI=1S/C36H34N2O4/c1-3-4-20-38(27-11-9-10-25(21-27)24(2)39)28-15-17-33-32(22-28)36(30-13-6-5-12-29(30)35(40)42-36)31-16-14-26(23-34(31)41-33)37-18-7-8-19-37/h5-6,9-17,21-23H,3-4,7-8,18-20H2,1-2H3. The minimum atomic E-state index is -1.13. The Balaban J connectivity index is 1.41. The van der Waals surface area contributed by atoms with Gasteiger partial charge in [-0.3, -0.25) is 4.79 Å². The van der Waals surface area contributed by atoms with Crippen LogP contribution in [-0.2, 0) is 10.3 Å². The fraction of sp³-hybridized carbons (Fsp3) is 0.278. The molecule has 3 aliphatic heterocycles. The summed E-state index contributed by atoms with van der Waals surface area (Å²) < 4.78 is 13.1. The highest BCUT2D eigenvalue weighted by molar-refractivity contribution is 5.97. The quantitative estimate of drug-likeness (QED) is 0.169. The van der Waals surface area contributed by atoms with E-state index < -0.39 is 5.60 Å². The van der Waals surface area contributed by atoms with Crippen LogP contribution in [0, 0.1) is 0 Å². The van der Waals surface area contributed by atoms with Gasteiger partial charge in [0.05, 0.1) is 5.56 Å². The lowest BCUT2D eigenvalue weighted by Crippen LogP contribution is -2.33. The summed E-state index contributed by atoms with van der Waals surface area (Å²) >= 11 is 0. The van der Waals surface area contributed by atoms with Crippen molar-refractivity contribution in [2.24, 2.45) is 0 Å². The first-order chi connectivity index (χ1) is 20.5. The van der Waals surface area contributed by atoms with Crippen molar-refractivity contribution in [2.45, 2.75) is 45.1 Å². The van der Waals surface area contributed by atoms with Crippen LogP contribution in [0.4, 0.5) is 17.1 Å². The number of fused-ring (bicyclic) bond motifs is 6. The van der Waals surface area contributed by atoms with Crippen LogP contribution in [-0.4, -0.2) is 31.4 Å². The highest BCUT2D eigenvalue weighted by Crippen LogP contribution is 2.57. The van der Waals surface area contributed by atoms with Gasteiger partial charge in [-0.2, -0.15) is 0 Å². The highest BCUT2D eigenvalue weighted by Gasteiger charge is 2.53. The molecule has 1 unspecified atom stereocenters. The van der Waals surface area contributed by atoms with Crippen molar-refractivity contribution in [1.82, 2.24) is 0 Å². The highest BCUT2D eigenvalue weighted by atomic mass is 16.6. The van der Waals surface area contributed by atoms with Crippen LogP contribution in [0.25, 0.3) is 0 Å². The van der Waals surface area contributed by atoms with Crippen LogP contribution in [0.15, 0.2) is 84.9 Å². The van der Waals surface area contributed by atoms with E-state index >= 15 is 0 Å². The molecule has 212 valence electrons. The number of ketones is 1. The molecular weight excluding hydrogens is 524 g/mol. The van der Waals surface area contributed by atoms with Crippen LogP contribution in [0.3, 0.4) is 0 Å². The Morgan fingerprint density at radius 3 is 2.48 bits per heavy atom. The molecule has 0 saturated carbocycles. The van der Waals surface area contributed by atoms with Crippen LogP contribution >= 0.6 is 0 Å². The topological polar surface area (TPSA) is 59.1 Å². The van der Waals surface area contributed by atoms with Gasteiger partial charge in [-0.15, -0.1) is 0 Å². The molecule has 1 spiro atoms. The number of hydrogen-bond acceptors (Lipinski definition) is 6. The van der Waals surface area contributed by atoms with Crippen molar-refractivity contribution in [3.05, 3.63) is 113 Å². The zero-order chi connectivity index (χ0) is 28.8. The number of ether oxygens (including phenoxy) is 2. The molecule has 42 heavy (non-hydrogen) atoms. The Bertz CT molecular complexity index is 1710. The van der Waals surface area contributed by atoms with Gasteiger partial charge in [0.25, 0.3) is 0 Å². The van der Waals surface area contributed by atoms with Gasteiger partial charge in [-0.05, 0) is 74.7 Å². The van der Waals surface area contributed by atoms with Gasteiger partial charge < -0.3 is 19.3 Å². The van der Waals surface area contributed by atoms with Gasteiger partial charge in [-0.1, -0.05) is 43.7 Å². The summed E-state index contributed by atoms with van der Waals surface area (Å²) in [6, 6.07) is 27.8. The molecule has 0 aromatic heterocycles. The summed E-state index contributed by atoms with van der Waals surface area (Å²) in [6.07, 6.45) is 4.37. The van der Waals surface area contributed by atoms with E-state index in [2.05, 4.69) is 47.1 Å². The molecule has 6 nitrogen and oxygen atoms in total. The first kappa shape index (κ1) is 26.3. The van der Waals surface area contributed by atoms with Crippen molar-refractivity contribution >= 4 is 28.8 Å². The van der Waals surface area contributed by atoms with E-state index in [0.717, 1.165) is 66.2 Å². The fourth-order valence-electron chi connectivity index (χ4n) is 6.61. The Morgan fingerprint density at radius 2 is 1.67 bits per heavy atom. The van der Waals surface area contributed by atoms with E-state index in [0.29, 0.717) is 22.6 Å². The Labute approximate surface area is 246 Å². The van der Waals surface area contributed by atoms with Gasteiger partial charge in [-0.25, -0.2) is 4.79 Å². The summed E-state index contributed by atoms with van der Waals surface area (Å²) in [5.74, 6) is 1.07. The first-order valence-electron chi connectivity index (χ1n) is 14.9. The van der Waals surface area contributed by atoms with E-state index in [1.165, 1.54) is 12.8 Å². The smallest absolute Gasteiger partial charge is 0.340 e. The van der Waals surface area contributed by atoms with Gasteiger partial charge >= 0.3 is 5.97 Å². The predicted octanol–water partition coefficient (Wildman–Crippen LogP) is 8.00. The van der Waals surface area contributed by atoms with Crippen molar-refractivity contribution < 1.29 is 19.1 Å². The normalized spacial score (nSPS) is 18.2. The van der Waals surface area contributed by atoms with Gasteiger partial charge in [0.15, 0.2) is 11.4 Å². The van der Waals surface area contributed by atoms with Crippen LogP contribution < -0.4 is 14.5 Å². The number of hydrogen-bond donors (Lipinski definition) is 0. The Kier molecular flexibility index (Phi) is 6.49. The largest absolute Gasteiger partial charge is 0.456 e. The molecule has 1 fully saturated rings. The number of benzene rings is 4. The minimum absolute atomic E-state index is 0.0319. The monoisotopic (exact) mass is 558 g/mol. The van der Waals surface area contributed by atoms with Crippen molar-refractivity contribution in [3.8, 4) is 11.5 Å². The zero-order valence-corrected chi connectivity index (χ0v) is 24.1. The first-order valence-corrected chi connectivity index (χ1v) is 14.9. The molecule has 0 aliphatic carbocycles. The Morgan fingerprint density at radius 1 is 0.857 bits per heavy atom. The second-order valence-corrected chi connectivity index (χ2v) is 11.4. The second kappa shape index (κ2) is 10.4. The molecule has 3 aliphatic rings. The lowest BCUT2D eigenvalue weighted by molar-refractivity contribution is 0.0224. The fourth-order valence-corrected chi connectivity index (χ4v) is 6.61. The molecule has 1 atom stereocenters. The van der Waals surface area contributed by atoms with E-state index in [4.69, 9.17) is 9.47 Å². The van der Waals surface area contributed by atoms with Crippen LogP contribution in [0.2, 0.25) is 0 Å². The number of rotatable bonds is 7. The second-order valence-electron chi connectivity index (χ2n) is 11.4. The molecule has 4 aromatic carbocycles. The SMILES string of the molecule is CCCCN(c1cccc(C(C)=O)c1)c1ccc2c(c1)C1(OC(=O)c3ccccc31)c1ccc(N3CCCC3)cc1O2. The van der Waals surface area contributed by atoms with E-state index in [-0.39, 0.29) is 11.8 Å². The van der Waals surface area contributed by atoms with E-state index in [1.54, 1.807) is 6.92 Å². The molecule has 0 N–H and O–H groups in total. The summed E-state index contributed by atoms with van der Waals surface area (Å²) in [6.45, 7) is 6.59. The third kappa shape index (κ3) is 4.16. The van der Waals surface area contributed by atoms with E-state index in [1.807, 2.05) is 54.6 Å². The molecule has 6 heteroatoms. The molecule has 1 saturated heterocycles. The third-order valence-electron chi connectivity index (χ3n) is 8.76. The average molecular weight is 559 g/mol. The third-order valence-corrected chi connectivity index (χ3v) is 8.76. The number of nitrogens with zero attached hydrogens (tertiary/aromatic N) is 2. The molecule has 7 rings (SSSR count). The molecule has 0 radical (unpaired) electrons. The van der Waals surface area contributed by atoms with Crippen LogP contribution in [0.1, 0.15) is 76.9 Å². The van der Waals surface area contributed by atoms with Gasteiger partial charge in [0.1, 0.15) is 11.5 Å². The summed E-state index contributed by atoms with van der Waals surface area (Å²) in [5.41, 5.74) is 5.57. The summed E-state index contributed by atoms with van der Waals surface area (Å²) in [7, 11) is 0. The molecule has 3 heterocycles. The average Bonchev–Trinajstić information content (AvgIpc) is 3.65. The Hall–Kier alpha value is -4.58.